The second-order valence-electron chi connectivity index (χ2n) is 5.38. The molecule has 3 rings (SSSR count). The van der Waals surface area contributed by atoms with Gasteiger partial charge in [0.25, 0.3) is 0 Å². The molecule has 134 valence electrons. The highest BCUT2D eigenvalue weighted by Gasteiger charge is 2.14. The number of nitrogens with two attached hydrogens (primary N) is 1. The molecule has 0 radical (unpaired) electrons. The van der Waals surface area contributed by atoms with Crippen LogP contribution in [-0.4, -0.2) is 26.5 Å². The van der Waals surface area contributed by atoms with Gasteiger partial charge in [-0.25, -0.2) is 9.07 Å². The molecule has 6 nitrogen and oxygen atoms in total. The van der Waals surface area contributed by atoms with Gasteiger partial charge in [0, 0.05) is 17.1 Å². The molecule has 0 spiro atoms. The zero-order chi connectivity index (χ0) is 18.5. The highest BCUT2D eigenvalue weighted by atomic mass is 35.5. The van der Waals surface area contributed by atoms with E-state index in [0.717, 1.165) is 11.1 Å². The lowest BCUT2D eigenvalue weighted by atomic mass is 10.2. The number of aromatic nitrogens is 3. The molecule has 0 fully saturated rings. The van der Waals surface area contributed by atoms with Crippen LogP contribution in [0.2, 0.25) is 5.02 Å². The van der Waals surface area contributed by atoms with E-state index in [-0.39, 0.29) is 17.5 Å². The highest BCUT2D eigenvalue weighted by Crippen LogP contribution is 2.23. The van der Waals surface area contributed by atoms with Gasteiger partial charge in [-0.2, -0.15) is 0 Å². The second kappa shape index (κ2) is 8.20. The minimum Gasteiger partial charge on any atom is -0.351 e. The van der Waals surface area contributed by atoms with E-state index in [2.05, 4.69) is 15.5 Å². The van der Waals surface area contributed by atoms with E-state index in [4.69, 9.17) is 17.4 Å². The number of nitrogens with zero attached hydrogens (tertiary/aromatic N) is 3. The van der Waals surface area contributed by atoms with Crippen molar-refractivity contribution in [2.24, 2.45) is 0 Å². The van der Waals surface area contributed by atoms with Crippen LogP contribution in [0, 0.1) is 5.82 Å². The fraction of sp³-hybridized carbons (Fsp3) is 0.118. The molecule has 1 aromatic heterocycles. The number of thioether (sulfide) groups is 1. The number of nitrogen functional groups attached to an aromatic ring is 1. The number of carbonyl (C=O) groups excluding carboxylic acids is 1. The smallest absolute Gasteiger partial charge is 0.230 e. The number of nitrogens with one attached hydrogen (secondary N) is 1. The minimum atomic E-state index is -0.312. The molecule has 26 heavy (non-hydrogen) atoms. The predicted octanol–water partition coefficient (Wildman–Crippen LogP) is 2.86. The molecular formula is C17H15ClFN5OS. The maximum atomic E-state index is 12.9. The third-order valence-corrected chi connectivity index (χ3v) is 4.66. The molecule has 0 aliphatic heterocycles. The van der Waals surface area contributed by atoms with E-state index < -0.39 is 0 Å². The van der Waals surface area contributed by atoms with E-state index in [9.17, 15) is 9.18 Å². The van der Waals surface area contributed by atoms with Crippen LogP contribution >= 0.6 is 23.4 Å². The average molecular weight is 392 g/mol. The van der Waals surface area contributed by atoms with Gasteiger partial charge in [0.05, 0.1) is 5.75 Å². The summed E-state index contributed by atoms with van der Waals surface area (Å²) in [5.74, 6) is 6.10. The van der Waals surface area contributed by atoms with Crippen LogP contribution in [0.1, 0.15) is 5.56 Å². The van der Waals surface area contributed by atoms with Crippen molar-refractivity contribution >= 4 is 29.3 Å². The molecule has 9 heteroatoms. The first kappa shape index (κ1) is 18.2. The summed E-state index contributed by atoms with van der Waals surface area (Å²) in [6, 6.07) is 13.1. The molecule has 0 saturated heterocycles. The van der Waals surface area contributed by atoms with Gasteiger partial charge in [-0.3, -0.25) is 4.79 Å². The van der Waals surface area contributed by atoms with Crippen molar-refractivity contribution in [1.29, 1.82) is 0 Å². The molecule has 0 atom stereocenters. The summed E-state index contributed by atoms with van der Waals surface area (Å²) in [6.07, 6.45) is 0. The van der Waals surface area contributed by atoms with Gasteiger partial charge in [-0.05, 0) is 29.8 Å². The molecule has 0 aliphatic rings. The highest BCUT2D eigenvalue weighted by molar-refractivity contribution is 7.99. The van der Waals surface area contributed by atoms with Crippen LogP contribution in [0.25, 0.3) is 11.4 Å². The predicted molar refractivity (Wildman–Crippen MR) is 99.6 cm³/mol. The Kier molecular flexibility index (Phi) is 5.75. The second-order valence-corrected chi connectivity index (χ2v) is 6.76. The van der Waals surface area contributed by atoms with Gasteiger partial charge in [-0.1, -0.05) is 47.6 Å². The number of hydrogen-bond acceptors (Lipinski definition) is 5. The van der Waals surface area contributed by atoms with Crippen LogP contribution in [0.4, 0.5) is 4.39 Å². The Hall–Kier alpha value is -2.58. The fourth-order valence-electron chi connectivity index (χ4n) is 2.18. The molecule has 3 aromatic rings. The SMILES string of the molecule is Nn1c(SCC(=O)NCc2ccc(F)cc2)nnc1-c1cccc(Cl)c1. The summed E-state index contributed by atoms with van der Waals surface area (Å²) in [6.45, 7) is 0.322. The van der Waals surface area contributed by atoms with Crippen LogP contribution in [0.5, 0.6) is 0 Å². The van der Waals surface area contributed by atoms with Crippen molar-refractivity contribution in [3.8, 4) is 11.4 Å². The summed E-state index contributed by atoms with van der Waals surface area (Å²) >= 11 is 7.15. The third-order valence-electron chi connectivity index (χ3n) is 3.48. The van der Waals surface area contributed by atoms with Crippen LogP contribution in [0.15, 0.2) is 53.7 Å². The largest absolute Gasteiger partial charge is 0.351 e. The monoisotopic (exact) mass is 391 g/mol. The lowest BCUT2D eigenvalue weighted by molar-refractivity contribution is -0.118. The van der Waals surface area contributed by atoms with Gasteiger partial charge in [0.2, 0.25) is 11.1 Å². The average Bonchev–Trinajstić information content (AvgIpc) is 3.00. The summed E-state index contributed by atoms with van der Waals surface area (Å²) in [4.78, 5) is 12.0. The lowest BCUT2D eigenvalue weighted by Gasteiger charge is -2.06. The van der Waals surface area contributed by atoms with E-state index in [1.165, 1.54) is 28.6 Å². The number of rotatable bonds is 6. The topological polar surface area (TPSA) is 85.8 Å². The quantitative estimate of drug-likeness (QED) is 0.498. The summed E-state index contributed by atoms with van der Waals surface area (Å²) in [5, 5.41) is 11.8. The van der Waals surface area contributed by atoms with Crippen LogP contribution in [-0.2, 0) is 11.3 Å². The zero-order valence-corrected chi connectivity index (χ0v) is 15.1. The Morgan fingerprint density at radius 2 is 2.00 bits per heavy atom. The normalized spacial score (nSPS) is 10.7. The summed E-state index contributed by atoms with van der Waals surface area (Å²) < 4.78 is 14.2. The van der Waals surface area contributed by atoms with Crippen molar-refractivity contribution in [3.63, 3.8) is 0 Å². The molecule has 0 bridgehead atoms. The number of benzene rings is 2. The van der Waals surface area contributed by atoms with Gasteiger partial charge in [-0.15, -0.1) is 10.2 Å². The number of amides is 1. The molecule has 0 aliphatic carbocycles. The Labute approximate surface area is 158 Å². The van der Waals surface area contributed by atoms with Crippen molar-refractivity contribution in [3.05, 3.63) is 64.9 Å². The van der Waals surface area contributed by atoms with Gasteiger partial charge in [0.1, 0.15) is 5.82 Å². The fourth-order valence-corrected chi connectivity index (χ4v) is 3.06. The van der Waals surface area contributed by atoms with E-state index >= 15 is 0 Å². The van der Waals surface area contributed by atoms with Crippen molar-refractivity contribution in [1.82, 2.24) is 20.2 Å². The number of halogens is 2. The first-order valence-corrected chi connectivity index (χ1v) is 8.99. The first-order chi connectivity index (χ1) is 12.5. The lowest BCUT2D eigenvalue weighted by Crippen LogP contribution is -2.25. The standard InChI is InChI=1S/C17H15ClFN5OS/c18-13-3-1-2-12(8-13)16-22-23-17(24(16)20)26-10-15(25)21-9-11-4-6-14(19)7-5-11/h1-8H,9-10,20H2,(H,21,25). The van der Waals surface area contributed by atoms with Crippen LogP contribution < -0.4 is 11.2 Å². The van der Waals surface area contributed by atoms with Gasteiger partial charge >= 0.3 is 0 Å². The zero-order valence-electron chi connectivity index (χ0n) is 13.5. The minimum absolute atomic E-state index is 0.131. The van der Waals surface area contributed by atoms with E-state index in [1.807, 2.05) is 6.07 Å². The van der Waals surface area contributed by atoms with Crippen molar-refractivity contribution in [2.75, 3.05) is 11.6 Å². The number of hydrogen-bond donors (Lipinski definition) is 2. The maximum Gasteiger partial charge on any atom is 0.230 e. The van der Waals surface area contributed by atoms with Crippen LogP contribution in [0.3, 0.4) is 0 Å². The Morgan fingerprint density at radius 1 is 1.23 bits per heavy atom. The Bertz CT molecular complexity index is 916. The molecule has 1 heterocycles. The van der Waals surface area contributed by atoms with E-state index in [0.29, 0.717) is 22.5 Å². The molecule has 2 aromatic carbocycles. The van der Waals surface area contributed by atoms with E-state index in [1.54, 1.807) is 30.3 Å². The van der Waals surface area contributed by atoms with Gasteiger partial charge in [0.15, 0.2) is 5.82 Å². The summed E-state index contributed by atoms with van der Waals surface area (Å²) in [7, 11) is 0. The Balaban J connectivity index is 1.56. The van der Waals surface area contributed by atoms with Crippen molar-refractivity contribution in [2.45, 2.75) is 11.7 Å². The third kappa shape index (κ3) is 4.53. The molecule has 0 saturated carbocycles. The molecule has 1 amide bonds. The Morgan fingerprint density at radius 3 is 2.73 bits per heavy atom. The maximum absolute atomic E-state index is 12.9. The molecule has 0 unspecified atom stereocenters. The molecule has 3 N–H and O–H groups in total. The molecular weight excluding hydrogens is 377 g/mol. The first-order valence-electron chi connectivity index (χ1n) is 7.63. The number of carbonyl (C=O) groups is 1. The van der Waals surface area contributed by atoms with Crippen molar-refractivity contribution < 1.29 is 9.18 Å². The van der Waals surface area contributed by atoms with Gasteiger partial charge < -0.3 is 11.2 Å². The summed E-state index contributed by atoms with van der Waals surface area (Å²) in [5.41, 5.74) is 1.55.